The van der Waals surface area contributed by atoms with E-state index in [0.717, 1.165) is 16.8 Å². The molecule has 0 radical (unpaired) electrons. The minimum absolute atomic E-state index is 0.0988. The molecule has 1 aromatic carbocycles. The minimum atomic E-state index is -0.146. The van der Waals surface area contributed by atoms with Crippen LogP contribution in [0.25, 0.3) is 5.95 Å². The van der Waals surface area contributed by atoms with Crippen molar-refractivity contribution in [2.24, 2.45) is 0 Å². The first kappa shape index (κ1) is 18.3. The zero-order valence-electron chi connectivity index (χ0n) is 15.7. The molecule has 3 heterocycles. The van der Waals surface area contributed by atoms with E-state index in [1.165, 1.54) is 11.8 Å². The summed E-state index contributed by atoms with van der Waals surface area (Å²) >= 11 is 1.53. The molecule has 0 saturated carbocycles. The molecule has 144 valence electrons. The number of aromatic nitrogens is 4. The molecule has 0 spiro atoms. The van der Waals surface area contributed by atoms with Gasteiger partial charge in [-0.05, 0) is 19.1 Å². The number of amides is 1. The number of nitrogens with one attached hydrogen (secondary N) is 1. The summed E-state index contributed by atoms with van der Waals surface area (Å²) in [4.78, 5) is 20.9. The van der Waals surface area contributed by atoms with Crippen molar-refractivity contribution >= 4 is 23.5 Å². The summed E-state index contributed by atoms with van der Waals surface area (Å²) in [5, 5.41) is 7.42. The average Bonchev–Trinajstić information content (AvgIpc) is 2.93. The molecule has 0 saturated heterocycles. The molecule has 1 aliphatic heterocycles. The molecule has 1 amide bonds. The zero-order valence-corrected chi connectivity index (χ0v) is 16.5. The van der Waals surface area contributed by atoms with Gasteiger partial charge in [0.2, 0.25) is 5.91 Å². The number of carbonyl (C=O) groups is 1. The van der Waals surface area contributed by atoms with Crippen molar-refractivity contribution in [3.63, 3.8) is 0 Å². The first-order valence-corrected chi connectivity index (χ1v) is 9.67. The summed E-state index contributed by atoms with van der Waals surface area (Å²) in [6.45, 7) is 1.92. The fraction of sp³-hybridized carbons (Fsp3) is 0.263. The topological polar surface area (TPSA) is 91.2 Å². The Morgan fingerprint density at radius 2 is 2.00 bits per heavy atom. The number of hydrogen-bond acceptors (Lipinski definition) is 7. The molecular formula is C19H19N5O3S. The van der Waals surface area contributed by atoms with E-state index in [9.17, 15) is 4.79 Å². The lowest BCUT2D eigenvalue weighted by atomic mass is 10.0. The molecule has 1 N–H and O–H groups in total. The second-order valence-corrected chi connectivity index (χ2v) is 7.25. The number of fused-ring (bicyclic) bond motifs is 1. The van der Waals surface area contributed by atoms with Crippen molar-refractivity contribution in [3.05, 3.63) is 53.5 Å². The second-order valence-electron chi connectivity index (χ2n) is 6.16. The van der Waals surface area contributed by atoms with Gasteiger partial charge < -0.3 is 14.8 Å². The highest BCUT2D eigenvalue weighted by Crippen LogP contribution is 2.47. The van der Waals surface area contributed by atoms with Crippen LogP contribution in [0.3, 0.4) is 0 Å². The highest BCUT2D eigenvalue weighted by Gasteiger charge is 2.32. The average molecular weight is 397 g/mol. The van der Waals surface area contributed by atoms with Crippen molar-refractivity contribution in [2.75, 3.05) is 25.3 Å². The van der Waals surface area contributed by atoms with Gasteiger partial charge >= 0.3 is 0 Å². The highest BCUT2D eigenvalue weighted by atomic mass is 32.2. The second kappa shape index (κ2) is 7.51. The predicted octanol–water partition coefficient (Wildman–Crippen LogP) is 2.76. The van der Waals surface area contributed by atoms with E-state index >= 15 is 0 Å². The number of methoxy groups -OCH3 is 2. The standard InChI is InChI=1S/C19H19N5O3S/c1-11-16-17(13-6-5-12(26-2)9-14(13)27-3)28-10-15(25)22-18(16)24(23-11)19-20-7-4-8-21-19/h4-9,17H,10H2,1-3H3,(H,22,25)/t17-/m1/s1. The number of thioether (sulfide) groups is 1. The summed E-state index contributed by atoms with van der Waals surface area (Å²) in [6, 6.07) is 7.43. The van der Waals surface area contributed by atoms with E-state index in [1.807, 2.05) is 25.1 Å². The Hall–Kier alpha value is -3.07. The number of ether oxygens (including phenoxy) is 2. The van der Waals surface area contributed by atoms with Gasteiger partial charge in [0.1, 0.15) is 17.3 Å². The Bertz CT molecular complexity index is 1020. The molecule has 2 aromatic heterocycles. The molecule has 28 heavy (non-hydrogen) atoms. The van der Waals surface area contributed by atoms with Crippen molar-refractivity contribution in [2.45, 2.75) is 12.2 Å². The summed E-state index contributed by atoms with van der Waals surface area (Å²) in [6.07, 6.45) is 3.28. The van der Waals surface area contributed by atoms with Gasteiger partial charge in [0.15, 0.2) is 0 Å². The normalized spacial score (nSPS) is 16.1. The fourth-order valence-corrected chi connectivity index (χ4v) is 4.42. The number of nitrogens with zero attached hydrogens (tertiary/aromatic N) is 4. The molecule has 8 nitrogen and oxygen atoms in total. The SMILES string of the molecule is COc1ccc([C@H]2SCC(=O)Nc3c2c(C)nn3-c2ncccn2)c(OC)c1. The lowest BCUT2D eigenvalue weighted by Crippen LogP contribution is -2.16. The van der Waals surface area contributed by atoms with Crippen LogP contribution < -0.4 is 14.8 Å². The lowest BCUT2D eigenvalue weighted by molar-refractivity contribution is -0.113. The molecule has 0 unspecified atom stereocenters. The third kappa shape index (κ3) is 3.18. The van der Waals surface area contributed by atoms with Gasteiger partial charge in [-0.1, -0.05) is 6.07 Å². The van der Waals surface area contributed by atoms with E-state index in [2.05, 4.69) is 20.4 Å². The summed E-state index contributed by atoms with van der Waals surface area (Å²) < 4.78 is 12.5. The highest BCUT2D eigenvalue weighted by molar-refractivity contribution is 8.00. The third-order valence-corrected chi connectivity index (χ3v) is 5.72. The molecule has 1 aliphatic rings. The van der Waals surface area contributed by atoms with Crippen molar-refractivity contribution in [1.29, 1.82) is 0 Å². The largest absolute Gasteiger partial charge is 0.497 e. The van der Waals surface area contributed by atoms with Gasteiger partial charge in [0, 0.05) is 29.6 Å². The fourth-order valence-electron chi connectivity index (χ4n) is 3.21. The van der Waals surface area contributed by atoms with E-state index in [4.69, 9.17) is 9.47 Å². The van der Waals surface area contributed by atoms with Crippen LogP contribution in [0.2, 0.25) is 0 Å². The Labute approximate surface area is 166 Å². The first-order valence-electron chi connectivity index (χ1n) is 8.62. The van der Waals surface area contributed by atoms with Gasteiger partial charge in [-0.25, -0.2) is 9.97 Å². The van der Waals surface area contributed by atoms with E-state index in [-0.39, 0.29) is 11.2 Å². The number of carbonyl (C=O) groups excluding carboxylic acids is 1. The molecule has 3 aromatic rings. The summed E-state index contributed by atoms with van der Waals surface area (Å²) in [5.41, 5.74) is 2.65. The maximum Gasteiger partial charge on any atom is 0.252 e. The number of hydrogen-bond donors (Lipinski definition) is 1. The minimum Gasteiger partial charge on any atom is -0.497 e. The Morgan fingerprint density at radius 3 is 2.71 bits per heavy atom. The molecule has 0 bridgehead atoms. The van der Waals surface area contributed by atoms with Crippen LogP contribution in [0.5, 0.6) is 11.5 Å². The van der Waals surface area contributed by atoms with Crippen LogP contribution >= 0.6 is 11.8 Å². The molecule has 4 rings (SSSR count). The summed E-state index contributed by atoms with van der Waals surface area (Å²) in [7, 11) is 3.24. The summed E-state index contributed by atoms with van der Waals surface area (Å²) in [5.74, 6) is 2.60. The molecule has 9 heteroatoms. The number of aryl methyl sites for hydroxylation is 1. The third-order valence-electron chi connectivity index (χ3n) is 4.47. The number of anilines is 1. The van der Waals surface area contributed by atoms with Crippen molar-refractivity contribution in [3.8, 4) is 17.4 Å². The smallest absolute Gasteiger partial charge is 0.252 e. The van der Waals surface area contributed by atoms with Gasteiger partial charge in [-0.2, -0.15) is 9.78 Å². The maximum atomic E-state index is 12.4. The van der Waals surface area contributed by atoms with Crippen LogP contribution in [-0.2, 0) is 4.79 Å². The van der Waals surface area contributed by atoms with Crippen molar-refractivity contribution in [1.82, 2.24) is 19.7 Å². The lowest BCUT2D eigenvalue weighted by Gasteiger charge is -2.19. The Balaban J connectivity index is 1.89. The Morgan fingerprint density at radius 1 is 1.21 bits per heavy atom. The number of benzene rings is 1. The number of rotatable bonds is 4. The predicted molar refractivity (Wildman–Crippen MR) is 106 cm³/mol. The van der Waals surface area contributed by atoms with Crippen LogP contribution in [0.15, 0.2) is 36.7 Å². The van der Waals surface area contributed by atoms with Gasteiger partial charge in [-0.15, -0.1) is 11.8 Å². The molecule has 1 atom stereocenters. The van der Waals surface area contributed by atoms with E-state index < -0.39 is 0 Å². The van der Waals surface area contributed by atoms with Crippen LogP contribution in [0.1, 0.15) is 22.1 Å². The van der Waals surface area contributed by atoms with Crippen LogP contribution in [-0.4, -0.2) is 45.6 Å². The quantitative estimate of drug-likeness (QED) is 0.724. The van der Waals surface area contributed by atoms with Crippen LogP contribution in [0, 0.1) is 6.92 Å². The monoisotopic (exact) mass is 397 g/mol. The van der Waals surface area contributed by atoms with Crippen LogP contribution in [0.4, 0.5) is 5.82 Å². The molecule has 0 aliphatic carbocycles. The van der Waals surface area contributed by atoms with Gasteiger partial charge in [-0.3, -0.25) is 4.79 Å². The van der Waals surface area contributed by atoms with E-state index in [0.29, 0.717) is 29.0 Å². The maximum absolute atomic E-state index is 12.4. The van der Waals surface area contributed by atoms with Gasteiger partial charge in [0.25, 0.3) is 5.95 Å². The van der Waals surface area contributed by atoms with Crippen molar-refractivity contribution < 1.29 is 14.3 Å². The zero-order chi connectivity index (χ0) is 19.7. The molecule has 0 fully saturated rings. The van der Waals surface area contributed by atoms with E-state index in [1.54, 1.807) is 37.4 Å². The van der Waals surface area contributed by atoms with Gasteiger partial charge in [0.05, 0.1) is 30.9 Å². The Kier molecular flexibility index (Phi) is 4.91. The molecular weight excluding hydrogens is 378 g/mol. The first-order chi connectivity index (χ1) is 13.6.